The van der Waals surface area contributed by atoms with E-state index in [0.29, 0.717) is 22.3 Å². The summed E-state index contributed by atoms with van der Waals surface area (Å²) in [6, 6.07) is 14.0. The minimum absolute atomic E-state index is 0.0122. The molecule has 1 heterocycles. The number of ketones is 1. The SMILES string of the molecule is O=C(O)c1ccc(-n2nnnc2SCC(=O)c2ccc(C3CC3)cc2)cc1. The van der Waals surface area contributed by atoms with Crippen molar-refractivity contribution in [1.82, 2.24) is 20.2 Å². The molecule has 8 heteroatoms. The molecule has 0 bridgehead atoms. The van der Waals surface area contributed by atoms with E-state index in [1.807, 2.05) is 24.3 Å². The lowest BCUT2D eigenvalue weighted by atomic mass is 10.1. The number of carboxylic acid groups (broad SMARTS) is 1. The summed E-state index contributed by atoms with van der Waals surface area (Å²) in [7, 11) is 0. The number of hydrogen-bond acceptors (Lipinski definition) is 6. The number of rotatable bonds is 7. The molecule has 1 fully saturated rings. The maximum Gasteiger partial charge on any atom is 0.335 e. The van der Waals surface area contributed by atoms with E-state index in [1.165, 1.54) is 47.0 Å². The van der Waals surface area contributed by atoms with E-state index in [1.54, 1.807) is 12.1 Å². The fourth-order valence-electron chi connectivity index (χ4n) is 2.75. The van der Waals surface area contributed by atoms with Gasteiger partial charge in [0.1, 0.15) is 0 Å². The Balaban J connectivity index is 1.43. The molecule has 1 aromatic heterocycles. The number of carbonyl (C=O) groups is 2. The molecule has 0 atom stereocenters. The van der Waals surface area contributed by atoms with E-state index in [9.17, 15) is 9.59 Å². The number of aromatic nitrogens is 4. The first-order chi connectivity index (χ1) is 13.1. The third kappa shape index (κ3) is 3.90. The molecule has 3 aromatic rings. The number of nitrogens with zero attached hydrogens (tertiary/aromatic N) is 4. The Kier molecular flexibility index (Phi) is 4.72. The van der Waals surface area contributed by atoms with Crippen LogP contribution in [0.1, 0.15) is 45.0 Å². The van der Waals surface area contributed by atoms with Crippen molar-refractivity contribution in [3.63, 3.8) is 0 Å². The van der Waals surface area contributed by atoms with Crippen LogP contribution in [0.3, 0.4) is 0 Å². The lowest BCUT2D eigenvalue weighted by Crippen LogP contribution is -2.05. The zero-order valence-corrected chi connectivity index (χ0v) is 15.1. The molecule has 2 aromatic carbocycles. The Bertz CT molecular complexity index is 979. The molecule has 0 aliphatic heterocycles. The summed E-state index contributed by atoms with van der Waals surface area (Å²) in [6.07, 6.45) is 2.47. The summed E-state index contributed by atoms with van der Waals surface area (Å²) < 4.78 is 1.49. The first-order valence-corrected chi connectivity index (χ1v) is 9.48. The van der Waals surface area contributed by atoms with Crippen molar-refractivity contribution < 1.29 is 14.7 Å². The van der Waals surface area contributed by atoms with Crippen LogP contribution in [0.15, 0.2) is 53.7 Å². The normalized spacial score (nSPS) is 13.5. The molecule has 1 N–H and O–H groups in total. The Labute approximate surface area is 159 Å². The van der Waals surface area contributed by atoms with Gasteiger partial charge in [0, 0.05) is 5.56 Å². The van der Waals surface area contributed by atoms with Crippen molar-refractivity contribution in [2.45, 2.75) is 23.9 Å². The Morgan fingerprint density at radius 1 is 1.04 bits per heavy atom. The van der Waals surface area contributed by atoms with Crippen LogP contribution in [-0.4, -0.2) is 42.8 Å². The first kappa shape index (κ1) is 17.4. The highest BCUT2D eigenvalue weighted by atomic mass is 32.2. The average molecular weight is 380 g/mol. The summed E-state index contributed by atoms with van der Waals surface area (Å²) >= 11 is 1.25. The molecule has 0 unspecified atom stereocenters. The number of aromatic carboxylic acids is 1. The van der Waals surface area contributed by atoms with E-state index in [-0.39, 0.29) is 17.1 Å². The Morgan fingerprint density at radius 3 is 2.33 bits per heavy atom. The maximum absolute atomic E-state index is 12.4. The van der Waals surface area contributed by atoms with Crippen molar-refractivity contribution >= 4 is 23.5 Å². The van der Waals surface area contributed by atoms with Gasteiger partial charge < -0.3 is 5.11 Å². The highest BCUT2D eigenvalue weighted by Crippen LogP contribution is 2.39. The molecule has 136 valence electrons. The zero-order valence-electron chi connectivity index (χ0n) is 14.3. The van der Waals surface area contributed by atoms with Gasteiger partial charge >= 0.3 is 5.97 Å². The summed E-state index contributed by atoms with van der Waals surface area (Å²) in [5.74, 6) is -0.0962. The van der Waals surface area contributed by atoms with Gasteiger partial charge in [0.15, 0.2) is 5.78 Å². The summed E-state index contributed by atoms with van der Waals surface area (Å²) in [5.41, 5.74) is 2.80. The number of carboxylic acids is 1. The van der Waals surface area contributed by atoms with Gasteiger partial charge in [-0.15, -0.1) is 5.10 Å². The van der Waals surface area contributed by atoms with Crippen LogP contribution in [0.5, 0.6) is 0 Å². The molecule has 0 saturated heterocycles. The van der Waals surface area contributed by atoms with Crippen molar-refractivity contribution in [2.24, 2.45) is 0 Å². The molecule has 0 amide bonds. The van der Waals surface area contributed by atoms with Crippen LogP contribution in [0.4, 0.5) is 0 Å². The fourth-order valence-corrected chi connectivity index (χ4v) is 3.53. The number of thioether (sulfide) groups is 1. The van der Waals surface area contributed by atoms with Crippen LogP contribution < -0.4 is 0 Å². The van der Waals surface area contributed by atoms with Gasteiger partial charge in [0.05, 0.1) is 17.0 Å². The monoisotopic (exact) mass is 380 g/mol. The summed E-state index contributed by atoms with van der Waals surface area (Å²) in [5, 5.41) is 21.0. The quantitative estimate of drug-likeness (QED) is 0.496. The van der Waals surface area contributed by atoms with Crippen molar-refractivity contribution in [3.8, 4) is 5.69 Å². The molecule has 4 rings (SSSR count). The molecule has 1 aliphatic rings. The van der Waals surface area contributed by atoms with Gasteiger partial charge in [-0.05, 0) is 59.0 Å². The van der Waals surface area contributed by atoms with Crippen molar-refractivity contribution in [2.75, 3.05) is 5.75 Å². The molecule has 1 aliphatic carbocycles. The summed E-state index contributed by atoms with van der Waals surface area (Å²) in [6.45, 7) is 0. The molecule has 1 saturated carbocycles. The van der Waals surface area contributed by atoms with Crippen LogP contribution in [0.25, 0.3) is 5.69 Å². The Hall–Kier alpha value is -3.00. The fraction of sp³-hybridized carbons (Fsp3) is 0.211. The molecule has 0 spiro atoms. The van der Waals surface area contributed by atoms with Crippen LogP contribution in [0.2, 0.25) is 0 Å². The second-order valence-corrected chi connectivity index (χ2v) is 7.28. The molecule has 27 heavy (non-hydrogen) atoms. The second kappa shape index (κ2) is 7.32. The first-order valence-electron chi connectivity index (χ1n) is 8.50. The van der Waals surface area contributed by atoms with Gasteiger partial charge in [0.25, 0.3) is 0 Å². The van der Waals surface area contributed by atoms with Crippen LogP contribution in [-0.2, 0) is 0 Å². The Morgan fingerprint density at radius 2 is 1.70 bits per heavy atom. The molecular formula is C19H16N4O3S. The highest BCUT2D eigenvalue weighted by molar-refractivity contribution is 7.99. The zero-order chi connectivity index (χ0) is 18.8. The molecular weight excluding hydrogens is 364 g/mol. The predicted octanol–water partition coefficient (Wildman–Crippen LogP) is 3.21. The molecule has 7 nitrogen and oxygen atoms in total. The lowest BCUT2D eigenvalue weighted by Gasteiger charge is -2.05. The minimum Gasteiger partial charge on any atom is -0.478 e. The summed E-state index contributed by atoms with van der Waals surface area (Å²) in [4.78, 5) is 23.4. The van der Waals surface area contributed by atoms with E-state index >= 15 is 0 Å². The van der Waals surface area contributed by atoms with E-state index in [2.05, 4.69) is 15.5 Å². The topological polar surface area (TPSA) is 98.0 Å². The number of benzene rings is 2. The van der Waals surface area contributed by atoms with Gasteiger partial charge in [-0.3, -0.25) is 4.79 Å². The van der Waals surface area contributed by atoms with Gasteiger partial charge in [-0.25, -0.2) is 4.79 Å². The van der Waals surface area contributed by atoms with Crippen LogP contribution >= 0.6 is 11.8 Å². The minimum atomic E-state index is -0.994. The maximum atomic E-state index is 12.4. The van der Waals surface area contributed by atoms with Gasteiger partial charge in [-0.1, -0.05) is 36.0 Å². The van der Waals surface area contributed by atoms with Crippen LogP contribution in [0, 0.1) is 0 Å². The number of carbonyl (C=O) groups excluding carboxylic acids is 1. The number of tetrazole rings is 1. The van der Waals surface area contributed by atoms with Crippen molar-refractivity contribution in [3.05, 3.63) is 65.2 Å². The number of hydrogen-bond donors (Lipinski definition) is 1. The predicted molar refractivity (Wildman–Crippen MR) is 99.6 cm³/mol. The van der Waals surface area contributed by atoms with E-state index < -0.39 is 5.97 Å². The standard InChI is InChI=1S/C19H16N4O3S/c24-17(14-5-3-13(4-6-14)12-1-2-12)11-27-19-20-21-22-23(19)16-9-7-15(8-10-16)18(25)26/h3-10,12H,1-2,11H2,(H,25,26). The average Bonchev–Trinajstić information content (AvgIpc) is 3.44. The smallest absolute Gasteiger partial charge is 0.335 e. The lowest BCUT2D eigenvalue weighted by molar-refractivity contribution is 0.0696. The third-order valence-corrected chi connectivity index (χ3v) is 5.33. The van der Waals surface area contributed by atoms with E-state index in [0.717, 1.165) is 0 Å². The largest absolute Gasteiger partial charge is 0.478 e. The molecule has 0 radical (unpaired) electrons. The third-order valence-electron chi connectivity index (χ3n) is 4.41. The van der Waals surface area contributed by atoms with Gasteiger partial charge in [-0.2, -0.15) is 4.68 Å². The highest BCUT2D eigenvalue weighted by Gasteiger charge is 2.23. The van der Waals surface area contributed by atoms with Gasteiger partial charge in [0.2, 0.25) is 5.16 Å². The second-order valence-electron chi connectivity index (χ2n) is 6.33. The van der Waals surface area contributed by atoms with Crippen molar-refractivity contribution in [1.29, 1.82) is 0 Å². The number of Topliss-reactive ketones (excluding diaryl/α,β-unsaturated/α-hetero) is 1. The van der Waals surface area contributed by atoms with E-state index in [4.69, 9.17) is 5.11 Å².